The van der Waals surface area contributed by atoms with Crippen LogP contribution in [0.1, 0.15) is 56.8 Å². The summed E-state index contributed by atoms with van der Waals surface area (Å²) in [6, 6.07) is 4.98. The van der Waals surface area contributed by atoms with E-state index >= 15 is 0 Å². The van der Waals surface area contributed by atoms with E-state index in [4.69, 9.17) is 9.84 Å². The third-order valence-electron chi connectivity index (χ3n) is 5.55. The second-order valence-corrected chi connectivity index (χ2v) is 10.5. The number of nitrogens with one attached hydrogen (secondary N) is 2. The predicted octanol–water partition coefficient (Wildman–Crippen LogP) is 3.03. The van der Waals surface area contributed by atoms with Gasteiger partial charge < -0.3 is 15.2 Å². The number of carboxylic acids is 1. The summed E-state index contributed by atoms with van der Waals surface area (Å²) >= 11 is 1.30. The zero-order valence-electron chi connectivity index (χ0n) is 16.8. The first kappa shape index (κ1) is 21.8. The van der Waals surface area contributed by atoms with Crippen molar-refractivity contribution in [2.75, 3.05) is 17.9 Å². The molecule has 1 amide bonds. The van der Waals surface area contributed by atoms with E-state index in [0.717, 1.165) is 49.0 Å². The number of hydrogen-bond acceptors (Lipinski definition) is 6. The maximum atomic E-state index is 13.0. The van der Waals surface area contributed by atoms with Crippen LogP contribution in [0.4, 0.5) is 5.00 Å². The van der Waals surface area contributed by atoms with Gasteiger partial charge in [0.2, 0.25) is 0 Å². The second kappa shape index (κ2) is 8.97. The Kier molecular flexibility index (Phi) is 6.31. The van der Waals surface area contributed by atoms with Gasteiger partial charge in [-0.2, -0.15) is 0 Å². The molecule has 2 aromatic rings. The van der Waals surface area contributed by atoms with Crippen molar-refractivity contribution < 1.29 is 27.9 Å². The van der Waals surface area contributed by atoms with Crippen LogP contribution in [0.2, 0.25) is 0 Å². The van der Waals surface area contributed by atoms with Crippen LogP contribution in [-0.2, 0) is 27.6 Å². The van der Waals surface area contributed by atoms with Gasteiger partial charge in [0.25, 0.3) is 15.9 Å². The molecule has 1 aliphatic heterocycles. The van der Waals surface area contributed by atoms with E-state index in [1.54, 1.807) is 0 Å². The summed E-state index contributed by atoms with van der Waals surface area (Å²) in [6.45, 7) is 1.09. The van der Waals surface area contributed by atoms with Crippen molar-refractivity contribution in [3.63, 3.8) is 0 Å². The topological polar surface area (TPSA) is 122 Å². The van der Waals surface area contributed by atoms with E-state index in [9.17, 15) is 18.0 Å². The summed E-state index contributed by atoms with van der Waals surface area (Å²) in [5.41, 5.74) is 1.31. The van der Waals surface area contributed by atoms with E-state index in [-0.39, 0.29) is 22.5 Å². The van der Waals surface area contributed by atoms with E-state index < -0.39 is 16.0 Å². The van der Waals surface area contributed by atoms with Crippen molar-refractivity contribution >= 4 is 38.2 Å². The summed E-state index contributed by atoms with van der Waals surface area (Å²) in [5, 5.41) is 12.2. The highest BCUT2D eigenvalue weighted by Crippen LogP contribution is 2.39. The number of carbonyl (C=O) groups excluding carboxylic acids is 1. The molecule has 2 aliphatic rings. The first-order valence-electron chi connectivity index (χ1n) is 10.3. The van der Waals surface area contributed by atoms with Gasteiger partial charge in [0, 0.05) is 18.0 Å². The molecule has 1 unspecified atom stereocenters. The number of carbonyl (C=O) groups is 2. The molecular weight excluding hydrogens is 440 g/mol. The van der Waals surface area contributed by atoms with E-state index in [1.807, 2.05) is 0 Å². The molecule has 1 fully saturated rings. The highest BCUT2D eigenvalue weighted by Gasteiger charge is 2.29. The van der Waals surface area contributed by atoms with Crippen LogP contribution >= 0.6 is 11.3 Å². The molecule has 166 valence electrons. The van der Waals surface area contributed by atoms with Crippen molar-refractivity contribution in [1.29, 1.82) is 0 Å². The molecule has 8 nitrogen and oxygen atoms in total. The SMILES string of the molecule is O=C(O)c1ccc(S(=O)(=O)Nc2sc3c(c2C(=O)NCC2CCCO2)CCCC3)cc1. The third kappa shape index (κ3) is 4.76. The lowest BCUT2D eigenvalue weighted by molar-refractivity contribution is 0.0696. The van der Waals surface area contributed by atoms with Gasteiger partial charge in [-0.05, 0) is 68.4 Å². The summed E-state index contributed by atoms with van der Waals surface area (Å²) in [5.74, 6) is -1.43. The zero-order chi connectivity index (χ0) is 22.0. The van der Waals surface area contributed by atoms with Gasteiger partial charge in [-0.3, -0.25) is 9.52 Å². The number of fused-ring (bicyclic) bond motifs is 1. The minimum Gasteiger partial charge on any atom is -0.478 e. The highest BCUT2D eigenvalue weighted by atomic mass is 32.2. The Morgan fingerprint density at radius 3 is 2.55 bits per heavy atom. The van der Waals surface area contributed by atoms with Crippen LogP contribution < -0.4 is 10.0 Å². The van der Waals surface area contributed by atoms with Gasteiger partial charge in [-0.1, -0.05) is 0 Å². The maximum absolute atomic E-state index is 13.0. The van der Waals surface area contributed by atoms with Crippen molar-refractivity contribution in [3.05, 3.63) is 45.8 Å². The molecule has 0 saturated carbocycles. The quantitative estimate of drug-likeness (QED) is 0.579. The van der Waals surface area contributed by atoms with Gasteiger partial charge in [0.05, 0.1) is 22.1 Å². The molecule has 1 aromatic carbocycles. The van der Waals surface area contributed by atoms with Crippen LogP contribution in [0, 0.1) is 0 Å². The lowest BCUT2D eigenvalue weighted by Gasteiger charge is -2.15. The molecule has 1 aromatic heterocycles. The summed E-state index contributed by atoms with van der Waals surface area (Å²) in [7, 11) is -3.98. The smallest absolute Gasteiger partial charge is 0.335 e. The van der Waals surface area contributed by atoms with Crippen molar-refractivity contribution in [2.45, 2.75) is 49.5 Å². The number of benzene rings is 1. The Morgan fingerprint density at radius 1 is 1.13 bits per heavy atom. The van der Waals surface area contributed by atoms with Crippen LogP contribution in [0.5, 0.6) is 0 Å². The Labute approximate surface area is 184 Å². The number of thiophene rings is 1. The number of sulfonamides is 1. The molecule has 1 atom stereocenters. The first-order chi connectivity index (χ1) is 14.8. The summed E-state index contributed by atoms with van der Waals surface area (Å²) in [6.07, 6.45) is 5.39. The van der Waals surface area contributed by atoms with E-state index in [1.165, 1.54) is 35.6 Å². The average Bonchev–Trinajstić information content (AvgIpc) is 3.39. The van der Waals surface area contributed by atoms with Crippen LogP contribution in [0.25, 0.3) is 0 Å². The lowest BCUT2D eigenvalue weighted by atomic mass is 9.95. The van der Waals surface area contributed by atoms with E-state index in [2.05, 4.69) is 10.0 Å². The molecule has 1 aliphatic carbocycles. The van der Waals surface area contributed by atoms with Gasteiger partial charge in [-0.25, -0.2) is 13.2 Å². The highest BCUT2D eigenvalue weighted by molar-refractivity contribution is 7.93. The fourth-order valence-electron chi connectivity index (χ4n) is 3.94. The van der Waals surface area contributed by atoms with Crippen LogP contribution in [0.15, 0.2) is 29.2 Å². The molecule has 10 heteroatoms. The van der Waals surface area contributed by atoms with E-state index in [0.29, 0.717) is 23.7 Å². The standard InChI is InChI=1S/C21H24N2O6S2/c24-19(22-12-14-4-3-11-29-14)18-16-5-1-2-6-17(16)30-20(18)23-31(27,28)15-9-7-13(8-10-15)21(25)26/h7-10,14,23H,1-6,11-12H2,(H,22,24)(H,25,26). The largest absolute Gasteiger partial charge is 0.478 e. The molecule has 0 radical (unpaired) electrons. The number of ether oxygens (including phenoxy) is 1. The fraction of sp³-hybridized carbons (Fsp3) is 0.429. The average molecular weight is 465 g/mol. The molecule has 2 heterocycles. The summed E-state index contributed by atoms with van der Waals surface area (Å²) < 4.78 is 34.0. The third-order valence-corrected chi connectivity index (χ3v) is 8.25. The predicted molar refractivity (Wildman–Crippen MR) is 116 cm³/mol. The molecule has 4 rings (SSSR count). The molecule has 31 heavy (non-hydrogen) atoms. The van der Waals surface area contributed by atoms with Gasteiger partial charge in [0.15, 0.2) is 0 Å². The first-order valence-corrected chi connectivity index (χ1v) is 12.6. The molecule has 0 spiro atoms. The maximum Gasteiger partial charge on any atom is 0.335 e. The fourth-order valence-corrected chi connectivity index (χ4v) is 6.53. The number of aryl methyl sites for hydroxylation is 1. The number of rotatable bonds is 7. The number of amides is 1. The Bertz CT molecular complexity index is 1090. The number of carboxylic acid groups (broad SMARTS) is 1. The Morgan fingerprint density at radius 2 is 1.87 bits per heavy atom. The second-order valence-electron chi connectivity index (χ2n) is 7.70. The van der Waals surface area contributed by atoms with Crippen molar-refractivity contribution in [3.8, 4) is 0 Å². The zero-order valence-corrected chi connectivity index (χ0v) is 18.5. The summed E-state index contributed by atoms with van der Waals surface area (Å²) in [4.78, 5) is 25.0. The minimum atomic E-state index is -3.98. The van der Waals surface area contributed by atoms with Gasteiger partial charge in [-0.15, -0.1) is 11.3 Å². The minimum absolute atomic E-state index is 0.000244. The Hall–Kier alpha value is -2.43. The molecule has 0 bridgehead atoms. The van der Waals surface area contributed by atoms with Gasteiger partial charge >= 0.3 is 5.97 Å². The molecular formula is C21H24N2O6S2. The van der Waals surface area contributed by atoms with Crippen LogP contribution in [-0.4, -0.2) is 44.7 Å². The lowest BCUT2D eigenvalue weighted by Crippen LogP contribution is -2.32. The molecule has 1 saturated heterocycles. The number of anilines is 1. The molecule has 3 N–H and O–H groups in total. The number of hydrogen-bond donors (Lipinski definition) is 3. The normalized spacial score (nSPS) is 18.4. The van der Waals surface area contributed by atoms with Gasteiger partial charge in [0.1, 0.15) is 5.00 Å². The monoisotopic (exact) mass is 464 g/mol. The number of aromatic carboxylic acids is 1. The van der Waals surface area contributed by atoms with Crippen molar-refractivity contribution in [1.82, 2.24) is 5.32 Å². The Balaban J connectivity index is 1.60. The van der Waals surface area contributed by atoms with Crippen molar-refractivity contribution in [2.24, 2.45) is 0 Å². The van der Waals surface area contributed by atoms with Crippen LogP contribution in [0.3, 0.4) is 0 Å².